The molecule has 1 aromatic carbocycles. The summed E-state index contributed by atoms with van der Waals surface area (Å²) in [5, 5.41) is 3.49. The smallest absolute Gasteiger partial charge is 0.244 e. The highest BCUT2D eigenvalue weighted by atomic mass is 35.5. The summed E-state index contributed by atoms with van der Waals surface area (Å²) in [5.41, 5.74) is 0.802. The van der Waals surface area contributed by atoms with E-state index in [9.17, 15) is 9.59 Å². The highest BCUT2D eigenvalue weighted by molar-refractivity contribution is 6.32. The molecule has 1 atom stereocenters. The summed E-state index contributed by atoms with van der Waals surface area (Å²) in [6, 6.07) is 7.67. The first-order chi connectivity index (χ1) is 10.1. The maximum absolute atomic E-state index is 11.9. The third kappa shape index (κ3) is 3.45. The van der Waals surface area contributed by atoms with E-state index >= 15 is 0 Å². The van der Waals surface area contributed by atoms with E-state index in [1.54, 1.807) is 12.1 Å². The molecule has 110 valence electrons. The van der Waals surface area contributed by atoms with Gasteiger partial charge in [0.05, 0.1) is 6.04 Å². The molecule has 2 aliphatic rings. The molecule has 1 saturated heterocycles. The Morgan fingerprint density at radius 3 is 2.81 bits per heavy atom. The molecular formula is C16H17ClN2O2. The van der Waals surface area contributed by atoms with E-state index in [1.807, 2.05) is 23.1 Å². The fraction of sp³-hybridized carbons (Fsp3) is 0.375. The molecule has 0 spiro atoms. The van der Waals surface area contributed by atoms with Crippen molar-refractivity contribution in [3.05, 3.63) is 40.9 Å². The van der Waals surface area contributed by atoms with E-state index in [0.717, 1.165) is 18.4 Å². The van der Waals surface area contributed by atoms with Crippen molar-refractivity contribution in [3.63, 3.8) is 0 Å². The standard InChI is InChI=1S/C16H17ClN2O2/c17-14-4-2-1-3-11(14)5-8-15(20)18-12-9-16(21)19(10-12)13-6-7-13/h1-5,8,12-13H,6-7,9-10H2,(H,18,20)/b8-5+/t12-/m1/s1. The minimum absolute atomic E-state index is 0.0819. The summed E-state index contributed by atoms with van der Waals surface area (Å²) >= 11 is 6.02. The summed E-state index contributed by atoms with van der Waals surface area (Å²) in [7, 11) is 0. The lowest BCUT2D eigenvalue weighted by atomic mass is 10.2. The van der Waals surface area contributed by atoms with Gasteiger partial charge < -0.3 is 10.2 Å². The molecule has 0 radical (unpaired) electrons. The van der Waals surface area contributed by atoms with E-state index < -0.39 is 0 Å². The first kappa shape index (κ1) is 14.1. The molecule has 21 heavy (non-hydrogen) atoms. The van der Waals surface area contributed by atoms with Gasteiger partial charge in [0.1, 0.15) is 0 Å². The zero-order valence-electron chi connectivity index (χ0n) is 11.6. The molecule has 1 N–H and O–H groups in total. The SMILES string of the molecule is O=C(/C=C/c1ccccc1Cl)N[C@@H]1CC(=O)N(C2CC2)C1. The molecule has 1 aromatic rings. The average Bonchev–Trinajstić information content (AvgIpc) is 3.23. The van der Waals surface area contributed by atoms with Gasteiger partial charge in [-0.3, -0.25) is 9.59 Å². The highest BCUT2D eigenvalue weighted by Gasteiger charge is 2.39. The van der Waals surface area contributed by atoms with E-state index in [-0.39, 0.29) is 17.9 Å². The van der Waals surface area contributed by atoms with Crippen LogP contribution >= 0.6 is 11.6 Å². The second-order valence-electron chi connectivity index (χ2n) is 5.54. The monoisotopic (exact) mass is 304 g/mol. The molecule has 1 aliphatic carbocycles. The van der Waals surface area contributed by atoms with Crippen LogP contribution < -0.4 is 5.32 Å². The number of benzene rings is 1. The van der Waals surface area contributed by atoms with Gasteiger partial charge in [0.2, 0.25) is 11.8 Å². The number of likely N-dealkylation sites (tertiary alicyclic amines) is 1. The van der Waals surface area contributed by atoms with Gasteiger partial charge in [-0.15, -0.1) is 0 Å². The van der Waals surface area contributed by atoms with Crippen molar-refractivity contribution in [2.24, 2.45) is 0 Å². The van der Waals surface area contributed by atoms with Crippen LogP contribution in [0, 0.1) is 0 Å². The van der Waals surface area contributed by atoms with Gasteiger partial charge >= 0.3 is 0 Å². The number of amides is 2. The Morgan fingerprint density at radius 1 is 1.33 bits per heavy atom. The first-order valence-electron chi connectivity index (χ1n) is 7.16. The quantitative estimate of drug-likeness (QED) is 0.867. The van der Waals surface area contributed by atoms with Crippen LogP contribution in [0.1, 0.15) is 24.8 Å². The molecule has 0 aromatic heterocycles. The van der Waals surface area contributed by atoms with E-state index in [0.29, 0.717) is 24.0 Å². The number of carbonyl (C=O) groups excluding carboxylic acids is 2. The first-order valence-corrected chi connectivity index (χ1v) is 7.54. The third-order valence-corrected chi connectivity index (χ3v) is 4.16. The second-order valence-corrected chi connectivity index (χ2v) is 5.95. The van der Waals surface area contributed by atoms with Crippen molar-refractivity contribution in [2.75, 3.05) is 6.54 Å². The van der Waals surface area contributed by atoms with Crippen LogP contribution in [-0.4, -0.2) is 35.3 Å². The van der Waals surface area contributed by atoms with Crippen molar-refractivity contribution in [3.8, 4) is 0 Å². The Bertz CT molecular complexity index is 596. The fourth-order valence-corrected chi connectivity index (χ4v) is 2.79. The van der Waals surface area contributed by atoms with Crippen molar-refractivity contribution < 1.29 is 9.59 Å². The third-order valence-electron chi connectivity index (χ3n) is 3.81. The predicted molar refractivity (Wildman–Crippen MR) is 81.8 cm³/mol. The Labute approximate surface area is 128 Å². The Kier molecular flexibility index (Phi) is 3.97. The van der Waals surface area contributed by atoms with Crippen molar-refractivity contribution >= 4 is 29.5 Å². The van der Waals surface area contributed by atoms with Crippen LogP contribution in [0.3, 0.4) is 0 Å². The van der Waals surface area contributed by atoms with E-state index in [4.69, 9.17) is 11.6 Å². The Morgan fingerprint density at radius 2 is 2.10 bits per heavy atom. The molecule has 1 aliphatic heterocycles. The topological polar surface area (TPSA) is 49.4 Å². The van der Waals surface area contributed by atoms with E-state index in [2.05, 4.69) is 5.32 Å². The number of nitrogens with zero attached hydrogens (tertiary/aromatic N) is 1. The average molecular weight is 305 g/mol. The van der Waals surface area contributed by atoms with Crippen LogP contribution in [0.2, 0.25) is 5.02 Å². The lowest BCUT2D eigenvalue weighted by Crippen LogP contribution is -2.36. The molecule has 2 fully saturated rings. The number of rotatable bonds is 4. The molecule has 1 saturated carbocycles. The molecule has 3 rings (SSSR count). The zero-order chi connectivity index (χ0) is 14.8. The maximum Gasteiger partial charge on any atom is 0.244 e. The maximum atomic E-state index is 11.9. The van der Waals surface area contributed by atoms with Crippen LogP contribution in [0.4, 0.5) is 0 Å². The number of carbonyl (C=O) groups is 2. The summed E-state index contributed by atoms with van der Waals surface area (Å²) in [6.45, 7) is 0.634. The number of hydrogen-bond acceptors (Lipinski definition) is 2. The lowest BCUT2D eigenvalue weighted by molar-refractivity contribution is -0.128. The van der Waals surface area contributed by atoms with Gasteiger partial charge in [0.25, 0.3) is 0 Å². The lowest BCUT2D eigenvalue weighted by Gasteiger charge is -2.15. The highest BCUT2D eigenvalue weighted by Crippen LogP contribution is 2.30. The normalized spacial score (nSPS) is 22.0. The van der Waals surface area contributed by atoms with Crippen LogP contribution in [0.5, 0.6) is 0 Å². The van der Waals surface area contributed by atoms with Crippen LogP contribution in [-0.2, 0) is 9.59 Å². The molecule has 1 heterocycles. The molecule has 4 nitrogen and oxygen atoms in total. The summed E-state index contributed by atoms with van der Waals surface area (Å²) in [5.74, 6) is -0.0387. The molecule has 0 bridgehead atoms. The summed E-state index contributed by atoms with van der Waals surface area (Å²) in [4.78, 5) is 25.6. The summed E-state index contributed by atoms with van der Waals surface area (Å²) < 4.78 is 0. The second kappa shape index (κ2) is 5.90. The van der Waals surface area contributed by atoms with Crippen molar-refractivity contribution in [2.45, 2.75) is 31.3 Å². The number of hydrogen-bond donors (Lipinski definition) is 1. The van der Waals surface area contributed by atoms with Gasteiger partial charge in [-0.2, -0.15) is 0 Å². The molecular weight excluding hydrogens is 288 g/mol. The minimum Gasteiger partial charge on any atom is -0.348 e. The van der Waals surface area contributed by atoms with Gasteiger partial charge in [-0.1, -0.05) is 29.8 Å². The largest absolute Gasteiger partial charge is 0.348 e. The summed E-state index contributed by atoms with van der Waals surface area (Å²) in [6.07, 6.45) is 5.75. The van der Waals surface area contributed by atoms with Crippen molar-refractivity contribution in [1.29, 1.82) is 0 Å². The number of nitrogens with one attached hydrogen (secondary N) is 1. The van der Waals surface area contributed by atoms with Crippen LogP contribution in [0.25, 0.3) is 6.08 Å². The minimum atomic E-state index is -0.189. The molecule has 5 heteroatoms. The van der Waals surface area contributed by atoms with Crippen LogP contribution in [0.15, 0.2) is 30.3 Å². The predicted octanol–water partition coefficient (Wildman–Crippen LogP) is 2.23. The van der Waals surface area contributed by atoms with Gasteiger partial charge in [0.15, 0.2) is 0 Å². The Hall–Kier alpha value is -1.81. The van der Waals surface area contributed by atoms with Crippen molar-refractivity contribution in [1.82, 2.24) is 10.2 Å². The fourth-order valence-electron chi connectivity index (χ4n) is 2.59. The number of halogens is 1. The Balaban J connectivity index is 1.55. The van der Waals surface area contributed by atoms with Gasteiger partial charge in [-0.05, 0) is 30.5 Å². The molecule has 0 unspecified atom stereocenters. The molecule has 2 amide bonds. The van der Waals surface area contributed by atoms with Gasteiger partial charge in [0, 0.05) is 30.1 Å². The zero-order valence-corrected chi connectivity index (χ0v) is 12.3. The van der Waals surface area contributed by atoms with Gasteiger partial charge in [-0.25, -0.2) is 0 Å². The van der Waals surface area contributed by atoms with E-state index in [1.165, 1.54) is 6.08 Å².